The summed E-state index contributed by atoms with van der Waals surface area (Å²) in [5, 5.41) is 8.24. The van der Waals surface area contributed by atoms with Gasteiger partial charge in [-0.3, -0.25) is 4.79 Å². The molecule has 0 saturated carbocycles. The minimum atomic E-state index is -0.000449. The number of carbonyl (C=O) groups is 1. The molecule has 4 heteroatoms. The minimum Gasteiger partial charge on any atom is -0.343 e. The van der Waals surface area contributed by atoms with E-state index >= 15 is 0 Å². The van der Waals surface area contributed by atoms with Gasteiger partial charge in [0.05, 0.1) is 12.2 Å². The Labute approximate surface area is 148 Å². The van der Waals surface area contributed by atoms with Crippen molar-refractivity contribution in [2.75, 3.05) is 5.32 Å². The van der Waals surface area contributed by atoms with E-state index in [1.807, 2.05) is 29.1 Å². The van der Waals surface area contributed by atoms with Crippen molar-refractivity contribution in [3.05, 3.63) is 47.8 Å². The molecule has 4 rings (SSSR count). The first-order valence-corrected chi connectivity index (χ1v) is 9.03. The van der Waals surface area contributed by atoms with Crippen molar-refractivity contribution in [3.63, 3.8) is 0 Å². The molecule has 130 valence electrons. The van der Waals surface area contributed by atoms with E-state index in [2.05, 4.69) is 50.2 Å². The maximum absolute atomic E-state index is 12.9. The molecule has 1 atom stereocenters. The Morgan fingerprint density at radius 1 is 1.20 bits per heavy atom. The molecule has 2 heterocycles. The molecule has 1 N–H and O–H groups in total. The molecule has 0 bridgehead atoms. The van der Waals surface area contributed by atoms with Gasteiger partial charge in [-0.25, -0.2) is 4.68 Å². The monoisotopic (exact) mass is 335 g/mol. The third kappa shape index (κ3) is 2.60. The lowest BCUT2D eigenvalue weighted by Gasteiger charge is -2.40. The third-order valence-electron chi connectivity index (χ3n) is 5.26. The average Bonchev–Trinajstić information content (AvgIpc) is 2.95. The molecular formula is C21H25N3O. The molecule has 0 amide bonds. The van der Waals surface area contributed by atoms with Crippen molar-refractivity contribution in [2.24, 2.45) is 11.3 Å². The van der Waals surface area contributed by atoms with Crippen LogP contribution in [0.1, 0.15) is 46.6 Å². The van der Waals surface area contributed by atoms with Crippen LogP contribution in [0.4, 0.5) is 5.82 Å². The Balaban J connectivity index is 1.87. The van der Waals surface area contributed by atoms with Gasteiger partial charge in [0.15, 0.2) is 5.78 Å². The lowest BCUT2D eigenvalue weighted by Crippen LogP contribution is -2.37. The zero-order chi connectivity index (χ0) is 17.8. The highest BCUT2D eigenvalue weighted by Crippen LogP contribution is 2.47. The number of nitrogens with zero attached hydrogens (tertiary/aromatic N) is 2. The number of carbonyl (C=O) groups excluding carboxylic acids is 1. The van der Waals surface area contributed by atoms with Crippen LogP contribution >= 0.6 is 0 Å². The molecule has 0 spiro atoms. The van der Waals surface area contributed by atoms with Crippen molar-refractivity contribution in [2.45, 2.75) is 46.6 Å². The number of benzene rings is 1. The summed E-state index contributed by atoms with van der Waals surface area (Å²) >= 11 is 0. The Hall–Kier alpha value is -2.36. The smallest absolute Gasteiger partial charge is 0.163 e. The fourth-order valence-corrected chi connectivity index (χ4v) is 4.20. The second kappa shape index (κ2) is 5.58. The lowest BCUT2D eigenvalue weighted by atomic mass is 9.72. The minimum absolute atomic E-state index is 0.000449. The van der Waals surface area contributed by atoms with E-state index in [0.717, 1.165) is 34.6 Å². The molecule has 0 saturated heterocycles. The van der Waals surface area contributed by atoms with Crippen LogP contribution in [-0.4, -0.2) is 15.6 Å². The molecule has 2 aliphatic rings. The summed E-state index contributed by atoms with van der Waals surface area (Å²) in [4.78, 5) is 12.9. The lowest BCUT2D eigenvalue weighted by molar-refractivity contribution is -0.118. The zero-order valence-corrected chi connectivity index (χ0v) is 15.3. The Morgan fingerprint density at radius 3 is 2.60 bits per heavy atom. The SMILES string of the molecule is CC(C)C1C2=C(CC(C)(C)CC2=O)Nc2c(-c3ccccc3)cnn21. The first-order valence-electron chi connectivity index (χ1n) is 9.03. The summed E-state index contributed by atoms with van der Waals surface area (Å²) < 4.78 is 2.02. The summed E-state index contributed by atoms with van der Waals surface area (Å²) in [6.45, 7) is 8.68. The van der Waals surface area contributed by atoms with Crippen molar-refractivity contribution in [1.29, 1.82) is 0 Å². The summed E-state index contributed by atoms with van der Waals surface area (Å²) in [5.41, 5.74) is 4.26. The van der Waals surface area contributed by atoms with Gasteiger partial charge in [-0.1, -0.05) is 58.0 Å². The number of Topliss-reactive ketones (excluding diaryl/α,β-unsaturated/α-hetero) is 1. The van der Waals surface area contributed by atoms with E-state index < -0.39 is 0 Å². The molecule has 1 unspecified atom stereocenters. The van der Waals surface area contributed by atoms with Crippen LogP contribution in [0.5, 0.6) is 0 Å². The normalized spacial score (nSPS) is 21.8. The van der Waals surface area contributed by atoms with Crippen LogP contribution in [-0.2, 0) is 4.79 Å². The number of aromatic nitrogens is 2. The topological polar surface area (TPSA) is 46.9 Å². The number of nitrogens with one attached hydrogen (secondary N) is 1. The van der Waals surface area contributed by atoms with Crippen LogP contribution in [0, 0.1) is 11.3 Å². The van der Waals surface area contributed by atoms with Gasteiger partial charge in [-0.2, -0.15) is 5.10 Å². The predicted molar refractivity (Wildman–Crippen MR) is 100 cm³/mol. The number of fused-ring (bicyclic) bond motifs is 1. The number of anilines is 1. The fourth-order valence-electron chi connectivity index (χ4n) is 4.20. The molecular weight excluding hydrogens is 310 g/mol. The van der Waals surface area contributed by atoms with Crippen LogP contribution in [0.2, 0.25) is 0 Å². The van der Waals surface area contributed by atoms with Crippen LogP contribution in [0.25, 0.3) is 11.1 Å². The van der Waals surface area contributed by atoms with Gasteiger partial charge < -0.3 is 5.32 Å². The predicted octanol–water partition coefficient (Wildman–Crippen LogP) is 4.82. The second-order valence-corrected chi connectivity index (χ2v) is 8.36. The molecule has 2 aromatic rings. The Bertz CT molecular complexity index is 859. The van der Waals surface area contributed by atoms with Gasteiger partial charge in [-0.05, 0) is 23.3 Å². The van der Waals surface area contributed by atoms with Crippen LogP contribution in [0.15, 0.2) is 47.8 Å². The molecule has 0 radical (unpaired) electrons. The number of allylic oxidation sites excluding steroid dienone is 2. The Morgan fingerprint density at radius 2 is 1.92 bits per heavy atom. The van der Waals surface area contributed by atoms with Crippen molar-refractivity contribution < 1.29 is 4.79 Å². The largest absolute Gasteiger partial charge is 0.343 e. The third-order valence-corrected chi connectivity index (χ3v) is 5.26. The van der Waals surface area contributed by atoms with E-state index in [-0.39, 0.29) is 17.2 Å². The maximum Gasteiger partial charge on any atom is 0.163 e. The standard InChI is InChI=1S/C21H25N3O/c1-13(2)19-18-16(10-21(3,4)11-17(18)25)23-20-15(12-22-24(19)20)14-8-6-5-7-9-14/h5-9,12-13,19,23H,10-11H2,1-4H3. The van der Waals surface area contributed by atoms with Crippen molar-refractivity contribution in [3.8, 4) is 11.1 Å². The van der Waals surface area contributed by atoms with Gasteiger partial charge >= 0.3 is 0 Å². The summed E-state index contributed by atoms with van der Waals surface area (Å²) in [5.74, 6) is 1.58. The highest BCUT2D eigenvalue weighted by Gasteiger charge is 2.42. The number of hydrogen-bond donors (Lipinski definition) is 1. The molecule has 1 aromatic heterocycles. The quantitative estimate of drug-likeness (QED) is 0.856. The van der Waals surface area contributed by atoms with Gasteiger partial charge in [0.2, 0.25) is 0 Å². The summed E-state index contributed by atoms with van der Waals surface area (Å²) in [6, 6.07) is 10.3. The van der Waals surface area contributed by atoms with E-state index in [9.17, 15) is 4.79 Å². The second-order valence-electron chi connectivity index (χ2n) is 8.36. The molecule has 4 nitrogen and oxygen atoms in total. The van der Waals surface area contributed by atoms with Gasteiger partial charge in [0.25, 0.3) is 0 Å². The molecule has 0 fully saturated rings. The summed E-state index contributed by atoms with van der Waals surface area (Å²) in [6.07, 6.45) is 3.43. The van der Waals surface area contributed by atoms with Crippen LogP contribution in [0.3, 0.4) is 0 Å². The van der Waals surface area contributed by atoms with Crippen LogP contribution < -0.4 is 5.32 Å². The fraction of sp³-hybridized carbons (Fsp3) is 0.429. The van der Waals surface area contributed by atoms with Gasteiger partial charge in [0.1, 0.15) is 5.82 Å². The van der Waals surface area contributed by atoms with Gasteiger partial charge in [0, 0.05) is 23.3 Å². The Kier molecular flexibility index (Phi) is 3.60. The number of hydrogen-bond acceptors (Lipinski definition) is 3. The van der Waals surface area contributed by atoms with E-state index in [1.165, 1.54) is 0 Å². The number of rotatable bonds is 2. The molecule has 1 aliphatic heterocycles. The molecule has 25 heavy (non-hydrogen) atoms. The average molecular weight is 335 g/mol. The highest BCUT2D eigenvalue weighted by molar-refractivity contribution is 6.00. The van der Waals surface area contributed by atoms with Crippen molar-refractivity contribution >= 4 is 11.6 Å². The maximum atomic E-state index is 12.9. The zero-order valence-electron chi connectivity index (χ0n) is 15.3. The van der Waals surface area contributed by atoms with E-state index in [1.54, 1.807) is 0 Å². The van der Waals surface area contributed by atoms with Gasteiger partial charge in [-0.15, -0.1) is 0 Å². The van der Waals surface area contributed by atoms with E-state index in [4.69, 9.17) is 0 Å². The first kappa shape index (κ1) is 16.1. The highest BCUT2D eigenvalue weighted by atomic mass is 16.1. The number of ketones is 1. The molecule has 1 aromatic carbocycles. The van der Waals surface area contributed by atoms with E-state index in [0.29, 0.717) is 12.3 Å². The summed E-state index contributed by atoms with van der Waals surface area (Å²) in [7, 11) is 0. The first-order chi connectivity index (χ1) is 11.9. The van der Waals surface area contributed by atoms with Crippen molar-refractivity contribution in [1.82, 2.24) is 9.78 Å². The molecule has 1 aliphatic carbocycles.